The fraction of sp³-hybridized carbons (Fsp3) is 0.444. The minimum Gasteiger partial charge on any atom is -0.464 e. The summed E-state index contributed by atoms with van der Waals surface area (Å²) in [5.74, 6) is 0. The SMILES string of the molecule is Cc1ccc(CC(C)OC=O)[nH]1. The predicted octanol–water partition coefficient (Wildman–Crippen LogP) is 1.43. The van der Waals surface area contributed by atoms with Gasteiger partial charge < -0.3 is 9.72 Å². The van der Waals surface area contributed by atoms with Gasteiger partial charge in [0, 0.05) is 17.8 Å². The van der Waals surface area contributed by atoms with Crippen molar-refractivity contribution in [3.63, 3.8) is 0 Å². The summed E-state index contributed by atoms with van der Waals surface area (Å²) in [7, 11) is 0. The Morgan fingerprint density at radius 3 is 2.92 bits per heavy atom. The first-order valence-electron chi connectivity index (χ1n) is 3.96. The van der Waals surface area contributed by atoms with E-state index in [0.717, 1.165) is 17.8 Å². The second kappa shape index (κ2) is 3.95. The molecule has 0 saturated carbocycles. The highest BCUT2D eigenvalue weighted by Gasteiger charge is 2.03. The Hall–Kier alpha value is -1.25. The molecule has 0 aromatic carbocycles. The van der Waals surface area contributed by atoms with Gasteiger partial charge in [0.05, 0.1) is 0 Å². The maximum absolute atomic E-state index is 9.98. The highest BCUT2D eigenvalue weighted by atomic mass is 16.5. The average molecular weight is 167 g/mol. The molecule has 0 aliphatic heterocycles. The highest BCUT2D eigenvalue weighted by Crippen LogP contribution is 2.04. The van der Waals surface area contributed by atoms with E-state index in [1.54, 1.807) is 0 Å². The minimum absolute atomic E-state index is 0.0550. The van der Waals surface area contributed by atoms with Crippen LogP contribution < -0.4 is 0 Å². The van der Waals surface area contributed by atoms with Crippen molar-refractivity contribution in [3.8, 4) is 0 Å². The molecule has 0 amide bonds. The summed E-state index contributed by atoms with van der Waals surface area (Å²) in [6, 6.07) is 4.00. The monoisotopic (exact) mass is 167 g/mol. The summed E-state index contributed by atoms with van der Waals surface area (Å²) in [6.07, 6.45) is 0.688. The van der Waals surface area contributed by atoms with Crippen LogP contribution in [0.25, 0.3) is 0 Å². The lowest BCUT2D eigenvalue weighted by molar-refractivity contribution is -0.132. The molecule has 0 spiro atoms. The number of carbonyl (C=O) groups is 1. The molecule has 1 aromatic heterocycles. The zero-order valence-electron chi connectivity index (χ0n) is 7.33. The molecule has 66 valence electrons. The molecule has 0 saturated heterocycles. The first kappa shape index (κ1) is 8.84. The molecule has 1 aromatic rings. The predicted molar refractivity (Wildman–Crippen MR) is 45.8 cm³/mol. The van der Waals surface area contributed by atoms with Crippen molar-refractivity contribution in [1.82, 2.24) is 4.98 Å². The van der Waals surface area contributed by atoms with Gasteiger partial charge in [0.25, 0.3) is 6.47 Å². The zero-order chi connectivity index (χ0) is 8.97. The largest absolute Gasteiger partial charge is 0.464 e. The first-order chi connectivity index (χ1) is 5.72. The maximum Gasteiger partial charge on any atom is 0.293 e. The number of hydrogen-bond acceptors (Lipinski definition) is 2. The van der Waals surface area contributed by atoms with Gasteiger partial charge in [0.2, 0.25) is 0 Å². The van der Waals surface area contributed by atoms with Crippen molar-refractivity contribution in [1.29, 1.82) is 0 Å². The molecule has 3 nitrogen and oxygen atoms in total. The first-order valence-corrected chi connectivity index (χ1v) is 3.96. The molecule has 12 heavy (non-hydrogen) atoms. The number of H-pyrrole nitrogens is 1. The third-order valence-corrected chi connectivity index (χ3v) is 1.69. The average Bonchev–Trinajstić information content (AvgIpc) is 2.36. The Morgan fingerprint density at radius 2 is 2.42 bits per heavy atom. The van der Waals surface area contributed by atoms with Gasteiger partial charge in [0.15, 0.2) is 0 Å². The molecule has 0 radical (unpaired) electrons. The van der Waals surface area contributed by atoms with Crippen LogP contribution in [0.15, 0.2) is 12.1 Å². The van der Waals surface area contributed by atoms with Crippen LogP contribution in [-0.2, 0) is 16.0 Å². The van der Waals surface area contributed by atoms with Gasteiger partial charge in [-0.1, -0.05) is 0 Å². The van der Waals surface area contributed by atoms with Gasteiger partial charge in [-0.05, 0) is 26.0 Å². The normalized spacial score (nSPS) is 12.5. The van der Waals surface area contributed by atoms with E-state index >= 15 is 0 Å². The van der Waals surface area contributed by atoms with E-state index in [4.69, 9.17) is 4.74 Å². The van der Waals surface area contributed by atoms with Gasteiger partial charge in [-0.2, -0.15) is 0 Å². The second-order valence-electron chi connectivity index (χ2n) is 2.91. The van der Waals surface area contributed by atoms with Gasteiger partial charge in [-0.25, -0.2) is 0 Å². The lowest BCUT2D eigenvalue weighted by Gasteiger charge is -2.06. The second-order valence-corrected chi connectivity index (χ2v) is 2.91. The number of hydrogen-bond donors (Lipinski definition) is 1. The fourth-order valence-electron chi connectivity index (χ4n) is 1.13. The quantitative estimate of drug-likeness (QED) is 0.689. The molecule has 0 fully saturated rings. The molecule has 3 heteroatoms. The van der Waals surface area contributed by atoms with Gasteiger partial charge >= 0.3 is 0 Å². The number of aromatic amines is 1. The van der Waals surface area contributed by atoms with E-state index in [2.05, 4.69) is 4.98 Å². The van der Waals surface area contributed by atoms with E-state index in [0.29, 0.717) is 6.47 Å². The number of nitrogens with one attached hydrogen (secondary N) is 1. The van der Waals surface area contributed by atoms with Crippen LogP contribution in [-0.4, -0.2) is 17.6 Å². The van der Waals surface area contributed by atoms with E-state index in [9.17, 15) is 4.79 Å². The van der Waals surface area contributed by atoms with Crippen LogP contribution in [0.5, 0.6) is 0 Å². The van der Waals surface area contributed by atoms with Crippen LogP contribution in [0.3, 0.4) is 0 Å². The number of aromatic nitrogens is 1. The van der Waals surface area contributed by atoms with Crippen molar-refractivity contribution in [2.24, 2.45) is 0 Å². The number of carbonyl (C=O) groups excluding carboxylic acids is 1. The molecule has 1 unspecified atom stereocenters. The number of aryl methyl sites for hydroxylation is 1. The Morgan fingerprint density at radius 1 is 1.67 bits per heavy atom. The summed E-state index contributed by atoms with van der Waals surface area (Å²) in [6.45, 7) is 4.35. The lowest BCUT2D eigenvalue weighted by Crippen LogP contribution is -2.10. The summed E-state index contributed by atoms with van der Waals surface area (Å²) in [4.78, 5) is 13.1. The molecule has 0 aliphatic carbocycles. The topological polar surface area (TPSA) is 42.1 Å². The van der Waals surface area contributed by atoms with Crippen molar-refractivity contribution in [3.05, 3.63) is 23.5 Å². The molecule has 1 atom stereocenters. The van der Waals surface area contributed by atoms with Crippen molar-refractivity contribution in [2.75, 3.05) is 0 Å². The van der Waals surface area contributed by atoms with E-state index in [1.165, 1.54) is 0 Å². The molecular weight excluding hydrogens is 154 g/mol. The zero-order valence-corrected chi connectivity index (χ0v) is 7.33. The summed E-state index contributed by atoms with van der Waals surface area (Å²) in [5, 5.41) is 0. The maximum atomic E-state index is 9.98. The van der Waals surface area contributed by atoms with Crippen molar-refractivity contribution >= 4 is 6.47 Å². The molecule has 1 heterocycles. The third kappa shape index (κ3) is 2.42. The smallest absolute Gasteiger partial charge is 0.293 e. The van der Waals surface area contributed by atoms with Crippen molar-refractivity contribution < 1.29 is 9.53 Å². The van der Waals surface area contributed by atoms with Gasteiger partial charge in [-0.15, -0.1) is 0 Å². The Labute approximate surface area is 71.7 Å². The fourth-order valence-corrected chi connectivity index (χ4v) is 1.13. The van der Waals surface area contributed by atoms with Crippen LogP contribution in [0.1, 0.15) is 18.3 Å². The minimum atomic E-state index is -0.0550. The van der Waals surface area contributed by atoms with E-state index in [-0.39, 0.29) is 6.10 Å². The Bertz CT molecular complexity index is 255. The van der Waals surface area contributed by atoms with Crippen LogP contribution in [0.2, 0.25) is 0 Å². The number of ether oxygens (including phenoxy) is 1. The van der Waals surface area contributed by atoms with E-state index < -0.39 is 0 Å². The van der Waals surface area contributed by atoms with E-state index in [1.807, 2.05) is 26.0 Å². The Kier molecular flexibility index (Phi) is 2.91. The molecule has 0 aliphatic rings. The molecule has 1 N–H and O–H groups in total. The van der Waals surface area contributed by atoms with Crippen molar-refractivity contribution in [2.45, 2.75) is 26.4 Å². The van der Waals surface area contributed by atoms with Gasteiger partial charge in [0.1, 0.15) is 6.10 Å². The lowest BCUT2D eigenvalue weighted by atomic mass is 10.2. The summed E-state index contributed by atoms with van der Waals surface area (Å²) >= 11 is 0. The number of rotatable bonds is 4. The van der Waals surface area contributed by atoms with Crippen LogP contribution >= 0.6 is 0 Å². The summed E-state index contributed by atoms with van der Waals surface area (Å²) < 4.78 is 4.75. The molecular formula is C9H13NO2. The van der Waals surface area contributed by atoms with Crippen LogP contribution in [0.4, 0.5) is 0 Å². The molecule has 1 rings (SSSR count). The highest BCUT2D eigenvalue weighted by molar-refractivity contribution is 5.37. The molecule has 0 bridgehead atoms. The summed E-state index contributed by atoms with van der Waals surface area (Å²) in [5.41, 5.74) is 2.23. The Balaban J connectivity index is 2.46. The van der Waals surface area contributed by atoms with Gasteiger partial charge in [-0.3, -0.25) is 4.79 Å². The standard InChI is InChI=1S/C9H13NO2/c1-7-3-4-9(10-7)5-8(2)12-6-11/h3-4,6,8,10H,5H2,1-2H3. The third-order valence-electron chi connectivity index (χ3n) is 1.69. The van der Waals surface area contributed by atoms with Crippen LogP contribution in [0, 0.1) is 6.92 Å².